The van der Waals surface area contributed by atoms with Crippen LogP contribution in [0.1, 0.15) is 23.1 Å². The maximum absolute atomic E-state index is 5.67. The summed E-state index contributed by atoms with van der Waals surface area (Å²) in [4.78, 5) is 5.42. The van der Waals surface area contributed by atoms with Crippen molar-refractivity contribution < 1.29 is 0 Å². The summed E-state index contributed by atoms with van der Waals surface area (Å²) in [5.41, 5.74) is 9.29. The van der Waals surface area contributed by atoms with E-state index in [-0.39, 0.29) is 0 Å². The molecule has 0 radical (unpaired) electrons. The van der Waals surface area contributed by atoms with E-state index in [0.29, 0.717) is 4.99 Å². The summed E-state index contributed by atoms with van der Waals surface area (Å²) in [6, 6.07) is 6.30. The summed E-state index contributed by atoms with van der Waals surface area (Å²) in [6.45, 7) is 7.85. The van der Waals surface area contributed by atoms with Gasteiger partial charge in [-0.3, -0.25) is 4.90 Å². The van der Waals surface area contributed by atoms with Crippen LogP contribution < -0.4 is 5.73 Å². The smallest absolute Gasteiger partial charge is 0.103 e. The highest BCUT2D eigenvalue weighted by atomic mass is 32.1. The Morgan fingerprint density at radius 1 is 1.26 bits per heavy atom. The molecule has 1 heterocycles. The summed E-state index contributed by atoms with van der Waals surface area (Å²) < 4.78 is 0. The molecule has 2 rings (SSSR count). The van der Waals surface area contributed by atoms with Crippen LogP contribution in [0.2, 0.25) is 0 Å². The Bertz CT molecular complexity index is 459. The van der Waals surface area contributed by atoms with Gasteiger partial charge in [0.05, 0.1) is 0 Å². The van der Waals surface area contributed by atoms with Gasteiger partial charge >= 0.3 is 0 Å². The van der Waals surface area contributed by atoms with Crippen LogP contribution in [-0.4, -0.2) is 48.0 Å². The number of nitrogens with zero attached hydrogens (tertiary/aromatic N) is 2. The third kappa shape index (κ3) is 4.00. The van der Waals surface area contributed by atoms with Crippen LogP contribution in [0.15, 0.2) is 18.2 Å². The largest absolute Gasteiger partial charge is 0.389 e. The first kappa shape index (κ1) is 14.4. The van der Waals surface area contributed by atoms with Gasteiger partial charge in [-0.05, 0) is 50.7 Å². The number of rotatable bonds is 3. The second-order valence-corrected chi connectivity index (χ2v) is 5.88. The van der Waals surface area contributed by atoms with Gasteiger partial charge in [-0.1, -0.05) is 24.4 Å². The van der Waals surface area contributed by atoms with Gasteiger partial charge in [0.25, 0.3) is 0 Å². The maximum atomic E-state index is 5.67. The normalized spacial score (nSPS) is 18.2. The number of hydrogen-bond donors (Lipinski definition) is 1. The van der Waals surface area contributed by atoms with Crippen LogP contribution in [-0.2, 0) is 6.54 Å². The zero-order chi connectivity index (χ0) is 13.8. The molecule has 2 N–H and O–H groups in total. The van der Waals surface area contributed by atoms with E-state index in [4.69, 9.17) is 18.0 Å². The predicted molar refractivity (Wildman–Crippen MR) is 84.5 cm³/mol. The predicted octanol–water partition coefficient (Wildman–Crippen LogP) is 1.77. The molecule has 0 atom stereocenters. The molecular weight excluding hydrogens is 254 g/mol. The van der Waals surface area contributed by atoms with Crippen molar-refractivity contribution in [2.24, 2.45) is 5.73 Å². The third-order valence-corrected chi connectivity index (χ3v) is 4.07. The Morgan fingerprint density at radius 2 is 2.05 bits per heavy atom. The van der Waals surface area contributed by atoms with E-state index in [2.05, 4.69) is 35.9 Å². The van der Waals surface area contributed by atoms with E-state index in [1.54, 1.807) is 0 Å². The van der Waals surface area contributed by atoms with Gasteiger partial charge in [-0.2, -0.15) is 0 Å². The summed E-state index contributed by atoms with van der Waals surface area (Å²) in [5.74, 6) is 0. The van der Waals surface area contributed by atoms with Crippen molar-refractivity contribution in [3.63, 3.8) is 0 Å². The van der Waals surface area contributed by atoms with Crippen molar-refractivity contribution in [3.05, 3.63) is 34.9 Å². The lowest BCUT2D eigenvalue weighted by molar-refractivity contribution is 0.269. The third-order valence-electron chi connectivity index (χ3n) is 3.83. The highest BCUT2D eigenvalue weighted by Crippen LogP contribution is 2.15. The molecule has 0 aliphatic carbocycles. The molecule has 0 bridgehead atoms. The van der Waals surface area contributed by atoms with Crippen LogP contribution in [0.4, 0.5) is 0 Å². The number of nitrogens with two attached hydrogens (primary N) is 1. The van der Waals surface area contributed by atoms with Gasteiger partial charge in [0.1, 0.15) is 4.99 Å². The maximum Gasteiger partial charge on any atom is 0.103 e. The van der Waals surface area contributed by atoms with E-state index in [1.165, 1.54) is 30.6 Å². The monoisotopic (exact) mass is 277 g/mol. The summed E-state index contributed by atoms with van der Waals surface area (Å²) in [6.07, 6.45) is 1.25. The second-order valence-electron chi connectivity index (χ2n) is 5.44. The fraction of sp³-hybridized carbons (Fsp3) is 0.533. The molecule has 0 unspecified atom stereocenters. The molecule has 3 nitrogen and oxygen atoms in total. The van der Waals surface area contributed by atoms with Crippen LogP contribution in [0.3, 0.4) is 0 Å². The average molecular weight is 277 g/mol. The Labute approximate surface area is 121 Å². The van der Waals surface area contributed by atoms with Crippen LogP contribution in [0.25, 0.3) is 0 Å². The van der Waals surface area contributed by atoms with E-state index >= 15 is 0 Å². The van der Waals surface area contributed by atoms with E-state index < -0.39 is 0 Å². The summed E-state index contributed by atoms with van der Waals surface area (Å²) in [7, 11) is 2.20. The zero-order valence-electron chi connectivity index (χ0n) is 11.9. The van der Waals surface area contributed by atoms with Gasteiger partial charge in [0.2, 0.25) is 0 Å². The Kier molecular flexibility index (Phi) is 4.91. The first-order chi connectivity index (χ1) is 9.06. The van der Waals surface area contributed by atoms with E-state index in [1.807, 2.05) is 6.07 Å². The number of aryl methyl sites for hydroxylation is 1. The van der Waals surface area contributed by atoms with Gasteiger partial charge in [-0.25, -0.2) is 0 Å². The molecule has 19 heavy (non-hydrogen) atoms. The second kappa shape index (κ2) is 6.46. The van der Waals surface area contributed by atoms with Crippen molar-refractivity contribution >= 4 is 17.2 Å². The molecule has 1 fully saturated rings. The molecule has 1 aliphatic rings. The van der Waals surface area contributed by atoms with Crippen LogP contribution in [0.5, 0.6) is 0 Å². The van der Waals surface area contributed by atoms with Crippen molar-refractivity contribution in [2.45, 2.75) is 19.9 Å². The molecule has 1 aliphatic heterocycles. The van der Waals surface area contributed by atoms with Crippen molar-refractivity contribution in [3.8, 4) is 0 Å². The quantitative estimate of drug-likeness (QED) is 0.854. The van der Waals surface area contributed by atoms with Crippen LogP contribution in [0, 0.1) is 6.92 Å². The lowest BCUT2D eigenvalue weighted by atomic mass is 10.0. The molecule has 0 saturated carbocycles. The molecule has 0 amide bonds. The summed E-state index contributed by atoms with van der Waals surface area (Å²) >= 11 is 5.02. The molecule has 0 spiro atoms. The van der Waals surface area contributed by atoms with Gasteiger partial charge < -0.3 is 10.6 Å². The number of likely N-dealkylation sites (N-methyl/N-ethyl adjacent to an activating group) is 1. The Morgan fingerprint density at radius 3 is 2.74 bits per heavy atom. The first-order valence-electron chi connectivity index (χ1n) is 6.86. The molecular formula is C15H23N3S. The standard InChI is InChI=1S/C15H23N3S/c1-12-10-13(15(16)19)4-5-14(12)11-18-7-3-6-17(2)8-9-18/h4-5,10H,3,6-9,11H2,1-2H3,(H2,16,19). The summed E-state index contributed by atoms with van der Waals surface area (Å²) in [5, 5.41) is 0. The minimum Gasteiger partial charge on any atom is -0.389 e. The highest BCUT2D eigenvalue weighted by Gasteiger charge is 2.13. The SMILES string of the molecule is Cc1cc(C(N)=S)ccc1CN1CCCN(C)CC1. The molecule has 1 aromatic carbocycles. The number of hydrogen-bond acceptors (Lipinski definition) is 3. The van der Waals surface area contributed by atoms with Crippen molar-refractivity contribution in [1.29, 1.82) is 0 Å². The molecule has 1 saturated heterocycles. The van der Waals surface area contributed by atoms with Gasteiger partial charge in [0, 0.05) is 25.2 Å². The average Bonchev–Trinajstić information content (AvgIpc) is 2.57. The Balaban J connectivity index is 2.04. The molecule has 104 valence electrons. The highest BCUT2D eigenvalue weighted by molar-refractivity contribution is 7.80. The molecule has 4 heteroatoms. The van der Waals surface area contributed by atoms with Gasteiger partial charge in [0.15, 0.2) is 0 Å². The minimum absolute atomic E-state index is 0.478. The van der Waals surface area contributed by atoms with E-state index in [0.717, 1.165) is 25.2 Å². The fourth-order valence-electron chi connectivity index (χ4n) is 2.53. The molecule has 0 aromatic heterocycles. The first-order valence-corrected chi connectivity index (χ1v) is 7.27. The molecule has 1 aromatic rings. The topological polar surface area (TPSA) is 32.5 Å². The lowest BCUT2D eigenvalue weighted by Crippen LogP contribution is -2.28. The van der Waals surface area contributed by atoms with Crippen molar-refractivity contribution in [2.75, 3.05) is 33.2 Å². The van der Waals surface area contributed by atoms with Crippen molar-refractivity contribution in [1.82, 2.24) is 9.80 Å². The van der Waals surface area contributed by atoms with Crippen LogP contribution >= 0.6 is 12.2 Å². The lowest BCUT2D eigenvalue weighted by Gasteiger charge is -2.21. The minimum atomic E-state index is 0.478. The fourth-order valence-corrected chi connectivity index (χ4v) is 2.65. The van der Waals surface area contributed by atoms with E-state index in [9.17, 15) is 0 Å². The Hall–Kier alpha value is -0.970. The number of benzene rings is 1. The zero-order valence-corrected chi connectivity index (χ0v) is 12.7. The van der Waals surface area contributed by atoms with Gasteiger partial charge in [-0.15, -0.1) is 0 Å². The number of thiocarbonyl (C=S) groups is 1.